The third-order valence-electron chi connectivity index (χ3n) is 3.31. The standard InChI is InChI=1S/C15H18Cl2N6O2/c16-10-1-3-11(4-2-10)22-23-12-13(17)20-15(18)21-14(12)19-6-5-9(7-24)8-25/h1-4,9,24-25H,5-8H2,(H3,18,19,20,21). The minimum atomic E-state index is -0.221. The van der Waals surface area contributed by atoms with Crippen LogP contribution in [0.2, 0.25) is 10.2 Å². The van der Waals surface area contributed by atoms with Crippen LogP contribution in [-0.2, 0) is 0 Å². The first-order chi connectivity index (χ1) is 12.0. The number of halogens is 2. The largest absolute Gasteiger partial charge is 0.396 e. The number of aliphatic hydroxyl groups excluding tert-OH is 2. The van der Waals surface area contributed by atoms with E-state index in [1.165, 1.54) is 0 Å². The summed E-state index contributed by atoms with van der Waals surface area (Å²) in [7, 11) is 0. The van der Waals surface area contributed by atoms with Crippen LogP contribution in [0.4, 0.5) is 23.1 Å². The van der Waals surface area contributed by atoms with E-state index in [4.69, 9.17) is 39.1 Å². The quantitative estimate of drug-likeness (QED) is 0.408. The van der Waals surface area contributed by atoms with Gasteiger partial charge in [0.1, 0.15) is 0 Å². The molecule has 0 aliphatic rings. The number of nitrogen functional groups attached to an aromatic ring is 1. The Bertz CT molecular complexity index is 723. The third kappa shape index (κ3) is 5.79. The second kappa shape index (κ2) is 9.47. The second-order valence-corrected chi connectivity index (χ2v) is 5.99. The van der Waals surface area contributed by atoms with Crippen molar-refractivity contribution < 1.29 is 10.2 Å². The molecule has 10 heteroatoms. The fourth-order valence-corrected chi connectivity index (χ4v) is 2.25. The predicted octanol–water partition coefficient (Wildman–Crippen LogP) is 3.18. The van der Waals surface area contributed by atoms with Crippen LogP contribution >= 0.6 is 23.2 Å². The molecule has 0 bridgehead atoms. The molecular weight excluding hydrogens is 367 g/mol. The number of nitrogens with one attached hydrogen (secondary N) is 1. The molecule has 0 saturated carbocycles. The highest BCUT2D eigenvalue weighted by molar-refractivity contribution is 6.32. The van der Waals surface area contributed by atoms with Crippen molar-refractivity contribution in [3.8, 4) is 0 Å². The summed E-state index contributed by atoms with van der Waals surface area (Å²) in [5.74, 6) is 0.102. The van der Waals surface area contributed by atoms with E-state index in [9.17, 15) is 0 Å². The fraction of sp³-hybridized carbons (Fsp3) is 0.333. The van der Waals surface area contributed by atoms with Gasteiger partial charge in [-0.2, -0.15) is 15.1 Å². The molecule has 0 amide bonds. The highest BCUT2D eigenvalue weighted by Crippen LogP contribution is 2.32. The van der Waals surface area contributed by atoms with Crippen LogP contribution in [0.5, 0.6) is 0 Å². The van der Waals surface area contributed by atoms with Crippen LogP contribution in [0.25, 0.3) is 0 Å². The summed E-state index contributed by atoms with van der Waals surface area (Å²) in [5, 5.41) is 30.1. The maximum Gasteiger partial charge on any atom is 0.223 e. The Balaban J connectivity index is 2.17. The smallest absolute Gasteiger partial charge is 0.223 e. The molecule has 5 N–H and O–H groups in total. The summed E-state index contributed by atoms with van der Waals surface area (Å²) in [6, 6.07) is 6.80. The molecule has 2 aromatic rings. The monoisotopic (exact) mass is 384 g/mol. The highest BCUT2D eigenvalue weighted by Gasteiger charge is 2.13. The van der Waals surface area contributed by atoms with Crippen molar-refractivity contribution in [3.05, 3.63) is 34.4 Å². The molecule has 1 aromatic heterocycles. The molecule has 1 aromatic carbocycles. The molecule has 1 heterocycles. The molecule has 0 saturated heterocycles. The number of hydrogen-bond acceptors (Lipinski definition) is 8. The van der Waals surface area contributed by atoms with E-state index in [1.54, 1.807) is 24.3 Å². The molecule has 134 valence electrons. The van der Waals surface area contributed by atoms with E-state index < -0.39 is 0 Å². The van der Waals surface area contributed by atoms with Crippen LogP contribution < -0.4 is 11.1 Å². The molecule has 0 spiro atoms. The Morgan fingerprint density at radius 3 is 2.40 bits per heavy atom. The van der Waals surface area contributed by atoms with E-state index in [1.807, 2.05) is 0 Å². The van der Waals surface area contributed by atoms with Gasteiger partial charge in [0.05, 0.1) is 5.69 Å². The summed E-state index contributed by atoms with van der Waals surface area (Å²) in [4.78, 5) is 7.95. The third-order valence-corrected chi connectivity index (χ3v) is 3.83. The lowest BCUT2D eigenvalue weighted by Crippen LogP contribution is -2.16. The molecule has 0 radical (unpaired) electrons. The summed E-state index contributed by atoms with van der Waals surface area (Å²) < 4.78 is 0. The number of azo groups is 1. The molecule has 8 nitrogen and oxygen atoms in total. The lowest BCUT2D eigenvalue weighted by molar-refractivity contribution is 0.146. The number of aliphatic hydroxyl groups is 2. The van der Waals surface area contributed by atoms with Crippen LogP contribution in [0, 0.1) is 5.92 Å². The van der Waals surface area contributed by atoms with E-state index in [0.29, 0.717) is 29.5 Å². The number of rotatable bonds is 8. The van der Waals surface area contributed by atoms with Gasteiger partial charge in [-0.1, -0.05) is 23.2 Å². The minimum Gasteiger partial charge on any atom is -0.396 e. The van der Waals surface area contributed by atoms with Crippen molar-refractivity contribution in [2.24, 2.45) is 16.1 Å². The number of anilines is 2. The normalized spacial score (nSPS) is 11.4. The van der Waals surface area contributed by atoms with Gasteiger partial charge in [0.25, 0.3) is 0 Å². The maximum absolute atomic E-state index is 9.10. The first kappa shape index (κ1) is 19.3. The number of aromatic nitrogens is 2. The number of hydrogen-bond donors (Lipinski definition) is 4. The Morgan fingerprint density at radius 1 is 1.08 bits per heavy atom. The summed E-state index contributed by atoms with van der Waals surface area (Å²) in [5.41, 5.74) is 6.46. The summed E-state index contributed by atoms with van der Waals surface area (Å²) in [6.07, 6.45) is 0.530. The van der Waals surface area contributed by atoms with E-state index in [2.05, 4.69) is 25.5 Å². The lowest BCUT2D eigenvalue weighted by atomic mass is 10.1. The summed E-state index contributed by atoms with van der Waals surface area (Å²) >= 11 is 11.9. The maximum atomic E-state index is 9.10. The Morgan fingerprint density at radius 2 is 1.76 bits per heavy atom. The topological polar surface area (TPSA) is 129 Å². The number of nitrogens with zero attached hydrogens (tertiary/aromatic N) is 4. The molecule has 25 heavy (non-hydrogen) atoms. The van der Waals surface area contributed by atoms with Crippen LogP contribution in [0.3, 0.4) is 0 Å². The number of nitrogens with two attached hydrogens (primary N) is 1. The Hall–Kier alpha value is -2.00. The van der Waals surface area contributed by atoms with Gasteiger partial charge >= 0.3 is 0 Å². The lowest BCUT2D eigenvalue weighted by Gasteiger charge is -2.13. The van der Waals surface area contributed by atoms with Crippen LogP contribution in [-0.4, -0.2) is 39.9 Å². The molecular formula is C15H18Cl2N6O2. The van der Waals surface area contributed by atoms with Gasteiger partial charge in [-0.05, 0) is 30.7 Å². The van der Waals surface area contributed by atoms with Gasteiger partial charge in [-0.3, -0.25) is 0 Å². The average molecular weight is 385 g/mol. The van der Waals surface area contributed by atoms with Gasteiger partial charge in [0.2, 0.25) is 5.95 Å². The number of benzene rings is 1. The SMILES string of the molecule is Nc1nc(Cl)c(N=Nc2ccc(Cl)cc2)c(NCCC(CO)CO)n1. The zero-order valence-corrected chi connectivity index (χ0v) is 14.7. The van der Waals surface area contributed by atoms with E-state index >= 15 is 0 Å². The van der Waals surface area contributed by atoms with Crippen molar-refractivity contribution in [2.75, 3.05) is 30.8 Å². The predicted molar refractivity (Wildman–Crippen MR) is 97.9 cm³/mol. The van der Waals surface area contributed by atoms with Crippen molar-refractivity contribution in [3.63, 3.8) is 0 Å². The van der Waals surface area contributed by atoms with Gasteiger partial charge in [0, 0.05) is 30.7 Å². The summed E-state index contributed by atoms with van der Waals surface area (Å²) in [6.45, 7) is 0.226. The van der Waals surface area contributed by atoms with Gasteiger partial charge in [-0.15, -0.1) is 5.11 Å². The minimum absolute atomic E-state index is 0.00110. The molecule has 0 atom stereocenters. The molecule has 0 aliphatic heterocycles. The molecule has 2 rings (SSSR count). The first-order valence-corrected chi connectivity index (χ1v) is 8.25. The average Bonchev–Trinajstić information content (AvgIpc) is 2.59. The molecule has 0 fully saturated rings. The zero-order chi connectivity index (χ0) is 18.2. The molecule has 0 unspecified atom stereocenters. The van der Waals surface area contributed by atoms with Gasteiger partial charge in [0.15, 0.2) is 16.7 Å². The second-order valence-electron chi connectivity index (χ2n) is 5.19. The Kier molecular flexibility index (Phi) is 7.32. The van der Waals surface area contributed by atoms with Crippen LogP contribution in [0.1, 0.15) is 6.42 Å². The highest BCUT2D eigenvalue weighted by atomic mass is 35.5. The zero-order valence-electron chi connectivity index (χ0n) is 13.2. The fourth-order valence-electron chi connectivity index (χ4n) is 1.91. The first-order valence-electron chi connectivity index (χ1n) is 7.49. The van der Waals surface area contributed by atoms with Crippen molar-refractivity contribution >= 4 is 46.3 Å². The van der Waals surface area contributed by atoms with E-state index in [-0.39, 0.29) is 35.9 Å². The van der Waals surface area contributed by atoms with Crippen molar-refractivity contribution in [1.29, 1.82) is 0 Å². The molecule has 0 aliphatic carbocycles. The van der Waals surface area contributed by atoms with Crippen molar-refractivity contribution in [1.82, 2.24) is 9.97 Å². The Labute approximate surface area is 154 Å². The van der Waals surface area contributed by atoms with Crippen molar-refractivity contribution in [2.45, 2.75) is 6.42 Å². The van der Waals surface area contributed by atoms with Gasteiger partial charge < -0.3 is 21.3 Å². The van der Waals surface area contributed by atoms with Crippen LogP contribution in [0.15, 0.2) is 34.5 Å². The van der Waals surface area contributed by atoms with E-state index in [0.717, 1.165) is 0 Å². The van der Waals surface area contributed by atoms with Gasteiger partial charge in [-0.25, -0.2) is 0 Å².